The van der Waals surface area contributed by atoms with Gasteiger partial charge in [-0.2, -0.15) is 0 Å². The lowest BCUT2D eigenvalue weighted by atomic mass is 9.69. The van der Waals surface area contributed by atoms with E-state index in [9.17, 15) is 4.79 Å². The summed E-state index contributed by atoms with van der Waals surface area (Å²) in [6.45, 7) is 9.74. The van der Waals surface area contributed by atoms with Crippen LogP contribution >= 0.6 is 0 Å². The standard InChI is InChI=1S/C13H25NO2/c1-5-14-13(11(15)16-6-2)9-7-12(3,4)8-10-13/h14H,5-10H2,1-4H3. The molecule has 1 rings (SSSR count). The number of ether oxygens (including phenoxy) is 1. The van der Waals surface area contributed by atoms with E-state index in [1.165, 1.54) is 0 Å². The summed E-state index contributed by atoms with van der Waals surface area (Å²) < 4.78 is 5.20. The summed E-state index contributed by atoms with van der Waals surface area (Å²) in [6.07, 6.45) is 3.96. The number of rotatable bonds is 4. The number of hydrogen-bond donors (Lipinski definition) is 1. The number of carbonyl (C=O) groups is 1. The highest BCUT2D eigenvalue weighted by Gasteiger charge is 2.44. The fraction of sp³-hybridized carbons (Fsp3) is 0.923. The Morgan fingerprint density at radius 2 is 1.75 bits per heavy atom. The molecule has 0 aromatic carbocycles. The summed E-state index contributed by atoms with van der Waals surface area (Å²) in [6, 6.07) is 0. The van der Waals surface area contributed by atoms with Gasteiger partial charge >= 0.3 is 5.97 Å². The summed E-state index contributed by atoms with van der Waals surface area (Å²) in [7, 11) is 0. The quantitative estimate of drug-likeness (QED) is 0.750. The van der Waals surface area contributed by atoms with Crippen molar-refractivity contribution in [3.05, 3.63) is 0 Å². The molecular formula is C13H25NO2. The molecule has 0 bridgehead atoms. The summed E-state index contributed by atoms with van der Waals surface area (Å²) in [5, 5.41) is 3.35. The van der Waals surface area contributed by atoms with E-state index in [4.69, 9.17) is 4.74 Å². The molecule has 0 aliphatic heterocycles. The average molecular weight is 227 g/mol. The van der Waals surface area contributed by atoms with Crippen molar-refractivity contribution in [2.75, 3.05) is 13.2 Å². The predicted octanol–water partition coefficient (Wildman–Crippen LogP) is 2.50. The van der Waals surface area contributed by atoms with Gasteiger partial charge in [-0.1, -0.05) is 20.8 Å². The van der Waals surface area contributed by atoms with E-state index >= 15 is 0 Å². The normalized spacial score (nSPS) is 22.8. The van der Waals surface area contributed by atoms with Crippen LogP contribution < -0.4 is 5.32 Å². The van der Waals surface area contributed by atoms with Crippen LogP contribution in [0.2, 0.25) is 0 Å². The largest absolute Gasteiger partial charge is 0.465 e. The van der Waals surface area contributed by atoms with Crippen LogP contribution in [0.1, 0.15) is 53.4 Å². The molecule has 0 heterocycles. The summed E-state index contributed by atoms with van der Waals surface area (Å²) >= 11 is 0. The van der Waals surface area contributed by atoms with Crippen molar-refractivity contribution >= 4 is 5.97 Å². The Hall–Kier alpha value is -0.570. The van der Waals surface area contributed by atoms with Crippen LogP contribution in [0.5, 0.6) is 0 Å². The van der Waals surface area contributed by atoms with E-state index in [-0.39, 0.29) is 5.97 Å². The zero-order valence-electron chi connectivity index (χ0n) is 11.1. The zero-order valence-corrected chi connectivity index (χ0v) is 11.1. The Kier molecular flexibility index (Phi) is 4.36. The predicted molar refractivity (Wildman–Crippen MR) is 65.3 cm³/mol. The van der Waals surface area contributed by atoms with Crippen LogP contribution in [-0.4, -0.2) is 24.7 Å². The molecule has 1 aliphatic carbocycles. The van der Waals surface area contributed by atoms with Gasteiger partial charge in [0, 0.05) is 0 Å². The van der Waals surface area contributed by atoms with Gasteiger partial charge in [0.1, 0.15) is 5.54 Å². The van der Waals surface area contributed by atoms with E-state index in [1.807, 2.05) is 13.8 Å². The Bertz CT molecular complexity index is 238. The maximum Gasteiger partial charge on any atom is 0.326 e. The van der Waals surface area contributed by atoms with Crippen LogP contribution in [0.3, 0.4) is 0 Å². The van der Waals surface area contributed by atoms with E-state index in [1.54, 1.807) is 0 Å². The third kappa shape index (κ3) is 2.97. The molecule has 0 spiro atoms. The maximum atomic E-state index is 12.0. The topological polar surface area (TPSA) is 38.3 Å². The van der Waals surface area contributed by atoms with Crippen molar-refractivity contribution in [2.24, 2.45) is 5.41 Å². The molecule has 0 radical (unpaired) electrons. The van der Waals surface area contributed by atoms with E-state index in [0.29, 0.717) is 12.0 Å². The molecule has 0 amide bonds. The molecule has 0 aromatic heterocycles. The fourth-order valence-corrected chi connectivity index (χ4v) is 2.41. The van der Waals surface area contributed by atoms with Gasteiger partial charge in [-0.05, 0) is 44.6 Å². The highest BCUT2D eigenvalue weighted by atomic mass is 16.5. The SMILES string of the molecule is CCNC1(C(=O)OCC)CCC(C)(C)CC1. The highest BCUT2D eigenvalue weighted by molar-refractivity contribution is 5.81. The van der Waals surface area contributed by atoms with Crippen LogP contribution in [0, 0.1) is 5.41 Å². The van der Waals surface area contributed by atoms with Gasteiger partial charge in [0.15, 0.2) is 0 Å². The van der Waals surface area contributed by atoms with E-state index in [2.05, 4.69) is 19.2 Å². The second kappa shape index (κ2) is 5.17. The maximum absolute atomic E-state index is 12.0. The van der Waals surface area contributed by atoms with Gasteiger partial charge < -0.3 is 10.1 Å². The molecule has 3 heteroatoms. The molecule has 1 fully saturated rings. The third-order valence-electron chi connectivity index (χ3n) is 3.64. The first kappa shape index (κ1) is 13.5. The first-order chi connectivity index (χ1) is 7.46. The molecule has 0 saturated heterocycles. The summed E-state index contributed by atoms with van der Waals surface area (Å²) in [5.74, 6) is -0.0626. The van der Waals surface area contributed by atoms with Gasteiger partial charge in [-0.3, -0.25) is 4.79 Å². The molecule has 0 aromatic rings. The van der Waals surface area contributed by atoms with Gasteiger partial charge in [-0.15, -0.1) is 0 Å². The van der Waals surface area contributed by atoms with Crippen LogP contribution in [0.15, 0.2) is 0 Å². The van der Waals surface area contributed by atoms with Gasteiger partial charge in [0.25, 0.3) is 0 Å². The third-order valence-corrected chi connectivity index (χ3v) is 3.64. The Morgan fingerprint density at radius 3 is 2.19 bits per heavy atom. The van der Waals surface area contributed by atoms with Crippen molar-refractivity contribution < 1.29 is 9.53 Å². The van der Waals surface area contributed by atoms with Gasteiger partial charge in [0.2, 0.25) is 0 Å². The molecule has 1 aliphatic rings. The summed E-state index contributed by atoms with van der Waals surface area (Å²) in [5.41, 5.74) is -0.0499. The van der Waals surface area contributed by atoms with E-state index < -0.39 is 5.54 Å². The second-order valence-corrected chi connectivity index (χ2v) is 5.50. The lowest BCUT2D eigenvalue weighted by molar-refractivity contribution is -0.153. The number of carbonyl (C=O) groups excluding carboxylic acids is 1. The second-order valence-electron chi connectivity index (χ2n) is 5.50. The molecule has 94 valence electrons. The molecule has 1 N–H and O–H groups in total. The lowest BCUT2D eigenvalue weighted by Gasteiger charge is -2.42. The minimum absolute atomic E-state index is 0.0626. The number of nitrogens with one attached hydrogen (secondary N) is 1. The zero-order chi connectivity index (χ0) is 12.2. The minimum Gasteiger partial charge on any atom is -0.465 e. The average Bonchev–Trinajstić information content (AvgIpc) is 2.22. The highest BCUT2D eigenvalue weighted by Crippen LogP contribution is 2.40. The molecule has 1 saturated carbocycles. The first-order valence-corrected chi connectivity index (χ1v) is 6.38. The molecule has 0 unspecified atom stereocenters. The minimum atomic E-state index is -0.416. The van der Waals surface area contributed by atoms with Crippen LogP contribution in [0.4, 0.5) is 0 Å². The number of esters is 1. The van der Waals surface area contributed by atoms with Crippen molar-refractivity contribution in [1.82, 2.24) is 5.32 Å². The van der Waals surface area contributed by atoms with Gasteiger partial charge in [-0.25, -0.2) is 0 Å². The van der Waals surface area contributed by atoms with E-state index in [0.717, 1.165) is 32.2 Å². The molecule has 3 nitrogen and oxygen atoms in total. The Balaban J connectivity index is 2.71. The lowest BCUT2D eigenvalue weighted by Crippen LogP contribution is -2.55. The van der Waals surface area contributed by atoms with Crippen molar-refractivity contribution in [3.63, 3.8) is 0 Å². The van der Waals surface area contributed by atoms with Crippen molar-refractivity contribution in [2.45, 2.75) is 58.9 Å². The number of likely N-dealkylation sites (N-methyl/N-ethyl adjacent to an activating group) is 1. The van der Waals surface area contributed by atoms with Crippen LogP contribution in [-0.2, 0) is 9.53 Å². The monoisotopic (exact) mass is 227 g/mol. The molecular weight excluding hydrogens is 202 g/mol. The van der Waals surface area contributed by atoms with Crippen molar-refractivity contribution in [3.8, 4) is 0 Å². The molecule has 16 heavy (non-hydrogen) atoms. The summed E-state index contributed by atoms with van der Waals surface area (Å²) in [4.78, 5) is 12.0. The Morgan fingerprint density at radius 1 is 1.19 bits per heavy atom. The Labute approximate surface area is 98.9 Å². The fourth-order valence-electron chi connectivity index (χ4n) is 2.41. The van der Waals surface area contributed by atoms with Crippen LogP contribution in [0.25, 0.3) is 0 Å². The smallest absolute Gasteiger partial charge is 0.326 e. The first-order valence-electron chi connectivity index (χ1n) is 6.38. The number of hydrogen-bond acceptors (Lipinski definition) is 3. The van der Waals surface area contributed by atoms with Gasteiger partial charge in [0.05, 0.1) is 6.61 Å². The molecule has 0 atom stereocenters. The van der Waals surface area contributed by atoms with Crippen molar-refractivity contribution in [1.29, 1.82) is 0 Å².